The first-order chi connectivity index (χ1) is 9.61. The van der Waals surface area contributed by atoms with Crippen LogP contribution in [0, 0.1) is 0 Å². The Morgan fingerprint density at radius 3 is 2.76 bits per heavy atom. The maximum Gasteiger partial charge on any atom is 0.437 e. The van der Waals surface area contributed by atoms with Crippen molar-refractivity contribution in [2.45, 2.75) is 44.4 Å². The fourth-order valence-corrected chi connectivity index (χ4v) is 2.24. The van der Waals surface area contributed by atoms with Gasteiger partial charge in [0.05, 0.1) is 11.6 Å². The van der Waals surface area contributed by atoms with E-state index in [0.717, 1.165) is 0 Å². The molecule has 2 heterocycles. The Morgan fingerprint density at radius 2 is 2.19 bits per heavy atom. The van der Waals surface area contributed by atoms with Gasteiger partial charge in [0.1, 0.15) is 11.8 Å². The Bertz CT molecular complexity index is 566. The third-order valence-electron chi connectivity index (χ3n) is 3.38. The SMILES string of the molecule is CC1(C)NC(=O)CCC1NC(=O)c1conc1C(F)(F)F. The monoisotopic (exact) mass is 305 g/mol. The maximum absolute atomic E-state index is 12.7. The number of carbonyl (C=O) groups is 2. The molecule has 0 radical (unpaired) electrons. The number of amides is 2. The van der Waals surface area contributed by atoms with Crippen molar-refractivity contribution in [1.29, 1.82) is 0 Å². The number of carbonyl (C=O) groups excluding carboxylic acids is 2. The number of rotatable bonds is 2. The minimum atomic E-state index is -4.77. The molecular weight excluding hydrogens is 291 g/mol. The van der Waals surface area contributed by atoms with Gasteiger partial charge < -0.3 is 15.2 Å². The number of hydrogen-bond acceptors (Lipinski definition) is 4. The van der Waals surface area contributed by atoms with E-state index < -0.39 is 34.9 Å². The summed E-state index contributed by atoms with van der Waals surface area (Å²) in [4.78, 5) is 23.3. The molecule has 2 N–H and O–H groups in total. The largest absolute Gasteiger partial charge is 0.437 e. The lowest BCUT2D eigenvalue weighted by atomic mass is 9.86. The Morgan fingerprint density at radius 1 is 1.52 bits per heavy atom. The summed E-state index contributed by atoms with van der Waals surface area (Å²) in [6.07, 6.45) is -3.57. The van der Waals surface area contributed by atoms with E-state index in [-0.39, 0.29) is 12.3 Å². The van der Waals surface area contributed by atoms with Crippen LogP contribution in [0.1, 0.15) is 42.7 Å². The van der Waals surface area contributed by atoms with Crippen molar-refractivity contribution >= 4 is 11.8 Å². The van der Waals surface area contributed by atoms with Crippen LogP contribution in [-0.2, 0) is 11.0 Å². The molecule has 1 saturated heterocycles. The highest BCUT2D eigenvalue weighted by molar-refractivity contribution is 5.95. The molecule has 1 aromatic rings. The number of halogens is 3. The summed E-state index contributed by atoms with van der Waals surface area (Å²) in [6.45, 7) is 3.38. The highest BCUT2D eigenvalue weighted by atomic mass is 19.4. The predicted molar refractivity (Wildman–Crippen MR) is 64.2 cm³/mol. The van der Waals surface area contributed by atoms with E-state index >= 15 is 0 Å². The number of aromatic nitrogens is 1. The van der Waals surface area contributed by atoms with E-state index in [1.807, 2.05) is 0 Å². The summed E-state index contributed by atoms with van der Waals surface area (Å²) in [5, 5.41) is 8.00. The van der Waals surface area contributed by atoms with Crippen molar-refractivity contribution in [2.24, 2.45) is 0 Å². The fourth-order valence-electron chi connectivity index (χ4n) is 2.24. The van der Waals surface area contributed by atoms with Gasteiger partial charge in [-0.3, -0.25) is 9.59 Å². The molecule has 21 heavy (non-hydrogen) atoms. The third-order valence-corrected chi connectivity index (χ3v) is 3.38. The molecule has 0 bridgehead atoms. The zero-order chi connectivity index (χ0) is 15.8. The van der Waals surface area contributed by atoms with Crippen LogP contribution in [-0.4, -0.2) is 28.6 Å². The Hall–Kier alpha value is -2.06. The van der Waals surface area contributed by atoms with Gasteiger partial charge in [-0.2, -0.15) is 13.2 Å². The fraction of sp³-hybridized carbons (Fsp3) is 0.583. The van der Waals surface area contributed by atoms with Gasteiger partial charge in [0.25, 0.3) is 5.91 Å². The van der Waals surface area contributed by atoms with E-state index in [0.29, 0.717) is 12.7 Å². The Kier molecular flexibility index (Phi) is 3.68. The second-order valence-corrected chi connectivity index (χ2v) is 5.41. The number of piperidine rings is 1. The van der Waals surface area contributed by atoms with Gasteiger partial charge in [0.2, 0.25) is 5.91 Å². The van der Waals surface area contributed by atoms with E-state index in [1.54, 1.807) is 13.8 Å². The molecule has 1 unspecified atom stereocenters. The van der Waals surface area contributed by atoms with E-state index in [4.69, 9.17) is 0 Å². The van der Waals surface area contributed by atoms with Gasteiger partial charge in [-0.05, 0) is 20.3 Å². The highest BCUT2D eigenvalue weighted by Crippen LogP contribution is 2.31. The molecule has 1 aliphatic heterocycles. The van der Waals surface area contributed by atoms with Crippen LogP contribution in [0.25, 0.3) is 0 Å². The van der Waals surface area contributed by atoms with Crippen molar-refractivity contribution in [1.82, 2.24) is 15.8 Å². The first kappa shape index (κ1) is 15.3. The summed E-state index contributed by atoms with van der Waals surface area (Å²) in [6, 6.07) is -0.487. The minimum Gasteiger partial charge on any atom is -0.363 e. The minimum absolute atomic E-state index is 0.161. The lowest BCUT2D eigenvalue weighted by molar-refractivity contribution is -0.143. The van der Waals surface area contributed by atoms with Crippen LogP contribution in [0.3, 0.4) is 0 Å². The topological polar surface area (TPSA) is 84.2 Å². The lowest BCUT2D eigenvalue weighted by Gasteiger charge is -2.39. The van der Waals surface area contributed by atoms with Crippen LogP contribution in [0.2, 0.25) is 0 Å². The molecule has 0 aromatic carbocycles. The molecule has 9 heteroatoms. The van der Waals surface area contributed by atoms with Crippen molar-refractivity contribution < 1.29 is 27.3 Å². The molecule has 1 aliphatic rings. The normalized spacial score (nSPS) is 21.8. The van der Waals surface area contributed by atoms with E-state index in [1.165, 1.54) is 0 Å². The Balaban J connectivity index is 2.16. The summed E-state index contributed by atoms with van der Waals surface area (Å²) >= 11 is 0. The van der Waals surface area contributed by atoms with Crippen molar-refractivity contribution in [2.75, 3.05) is 0 Å². The summed E-state index contributed by atoms with van der Waals surface area (Å²) in [7, 11) is 0. The lowest BCUT2D eigenvalue weighted by Crippen LogP contribution is -2.62. The molecule has 2 rings (SSSR count). The molecule has 1 fully saturated rings. The van der Waals surface area contributed by atoms with E-state index in [2.05, 4.69) is 20.3 Å². The zero-order valence-corrected chi connectivity index (χ0v) is 11.4. The standard InChI is InChI=1S/C12H14F3N3O3/c1-11(2)7(3-4-8(19)17-11)16-10(20)6-5-21-18-9(6)12(13,14)15/h5,7H,3-4H2,1-2H3,(H,16,20)(H,17,19). The molecule has 0 saturated carbocycles. The van der Waals surface area contributed by atoms with Crippen LogP contribution in [0.4, 0.5) is 13.2 Å². The molecule has 2 amide bonds. The summed E-state index contributed by atoms with van der Waals surface area (Å²) in [5.41, 5.74) is -2.78. The molecule has 6 nitrogen and oxygen atoms in total. The van der Waals surface area contributed by atoms with Crippen molar-refractivity contribution in [3.63, 3.8) is 0 Å². The molecular formula is C12H14F3N3O3. The number of hydrogen-bond donors (Lipinski definition) is 2. The van der Waals surface area contributed by atoms with Gasteiger partial charge in [-0.15, -0.1) is 0 Å². The van der Waals surface area contributed by atoms with Gasteiger partial charge in [-0.25, -0.2) is 0 Å². The second-order valence-electron chi connectivity index (χ2n) is 5.41. The smallest absolute Gasteiger partial charge is 0.363 e. The molecule has 0 aliphatic carbocycles. The van der Waals surface area contributed by atoms with Crippen LogP contribution >= 0.6 is 0 Å². The van der Waals surface area contributed by atoms with Gasteiger partial charge in [0, 0.05) is 6.42 Å². The average Bonchev–Trinajstić information content (AvgIpc) is 2.80. The number of alkyl halides is 3. The predicted octanol–water partition coefficient (Wildman–Crippen LogP) is 1.48. The first-order valence-corrected chi connectivity index (χ1v) is 6.24. The van der Waals surface area contributed by atoms with Crippen molar-refractivity contribution in [3.05, 3.63) is 17.5 Å². The van der Waals surface area contributed by atoms with Gasteiger partial charge in [0.15, 0.2) is 5.69 Å². The van der Waals surface area contributed by atoms with Crippen molar-refractivity contribution in [3.8, 4) is 0 Å². The maximum atomic E-state index is 12.7. The molecule has 1 aromatic heterocycles. The zero-order valence-electron chi connectivity index (χ0n) is 11.4. The van der Waals surface area contributed by atoms with Crippen LogP contribution in [0.5, 0.6) is 0 Å². The first-order valence-electron chi connectivity index (χ1n) is 6.24. The van der Waals surface area contributed by atoms with E-state index in [9.17, 15) is 22.8 Å². The summed E-state index contributed by atoms with van der Waals surface area (Å²) < 4.78 is 42.2. The molecule has 1 atom stereocenters. The molecule has 0 spiro atoms. The van der Waals surface area contributed by atoms with Crippen LogP contribution in [0.15, 0.2) is 10.8 Å². The highest BCUT2D eigenvalue weighted by Gasteiger charge is 2.41. The molecule has 116 valence electrons. The van der Waals surface area contributed by atoms with Gasteiger partial charge >= 0.3 is 6.18 Å². The second kappa shape index (κ2) is 5.05. The number of nitrogens with zero attached hydrogens (tertiary/aromatic N) is 1. The summed E-state index contributed by atoms with van der Waals surface area (Å²) in [5.74, 6) is -1.09. The number of nitrogens with one attached hydrogen (secondary N) is 2. The Labute approximate surface area is 118 Å². The van der Waals surface area contributed by atoms with Crippen LogP contribution < -0.4 is 10.6 Å². The average molecular weight is 305 g/mol. The third kappa shape index (κ3) is 3.17. The van der Waals surface area contributed by atoms with Gasteiger partial charge in [-0.1, -0.05) is 5.16 Å². The quantitative estimate of drug-likeness (QED) is 0.867.